The molecule has 5 atom stereocenters. The number of ether oxygens (including phenoxy) is 2. The Bertz CT molecular complexity index is 423. The summed E-state index contributed by atoms with van der Waals surface area (Å²) in [5.41, 5.74) is 1.13. The first-order valence-corrected chi connectivity index (χ1v) is 7.99. The van der Waals surface area contributed by atoms with Gasteiger partial charge < -0.3 is 14.3 Å². The van der Waals surface area contributed by atoms with Gasteiger partial charge in [0.05, 0.1) is 23.6 Å². The molecule has 1 heterocycles. The summed E-state index contributed by atoms with van der Waals surface area (Å²) in [5.74, 6) is 0.286. The number of carbonyl (C=O) groups is 1. The van der Waals surface area contributed by atoms with Crippen molar-refractivity contribution < 1.29 is 14.3 Å². The quantitative estimate of drug-likeness (QED) is 0.588. The first-order valence-electron chi connectivity index (χ1n) is 7.07. The molecule has 110 valence electrons. The maximum atomic E-state index is 11.0. The molecule has 0 spiro atoms. The van der Waals surface area contributed by atoms with E-state index in [4.69, 9.17) is 9.47 Å². The average Bonchev–Trinajstić information content (AvgIpc) is 2.81. The number of halogens is 1. The number of aldehydes is 1. The lowest BCUT2D eigenvalue weighted by atomic mass is 9.95. The third-order valence-corrected chi connectivity index (χ3v) is 4.63. The van der Waals surface area contributed by atoms with Gasteiger partial charge in [-0.25, -0.2) is 0 Å². The molecule has 1 aromatic carbocycles. The number of alkyl halides is 1. The van der Waals surface area contributed by atoms with Gasteiger partial charge in [-0.2, -0.15) is 0 Å². The van der Waals surface area contributed by atoms with Crippen LogP contribution in [0.15, 0.2) is 30.3 Å². The second-order valence-corrected chi connectivity index (χ2v) is 6.31. The lowest BCUT2D eigenvalue weighted by Crippen LogP contribution is -2.36. The summed E-state index contributed by atoms with van der Waals surface area (Å²) in [4.78, 5) is 10.7. The van der Waals surface area contributed by atoms with Crippen molar-refractivity contribution in [1.29, 1.82) is 0 Å². The molecule has 0 bridgehead atoms. The Morgan fingerprint density at radius 3 is 2.70 bits per heavy atom. The molecule has 0 saturated carbocycles. The van der Waals surface area contributed by atoms with Gasteiger partial charge in [-0.1, -0.05) is 60.1 Å². The van der Waals surface area contributed by atoms with Crippen LogP contribution in [0.5, 0.6) is 0 Å². The minimum Gasteiger partial charge on any atom is -0.370 e. The van der Waals surface area contributed by atoms with Gasteiger partial charge in [0.1, 0.15) is 12.4 Å². The summed E-state index contributed by atoms with van der Waals surface area (Å²) in [5, 5.41) is 0. The zero-order valence-electron chi connectivity index (χ0n) is 11.9. The van der Waals surface area contributed by atoms with Gasteiger partial charge >= 0.3 is 0 Å². The van der Waals surface area contributed by atoms with E-state index in [1.807, 2.05) is 30.3 Å². The van der Waals surface area contributed by atoms with Crippen molar-refractivity contribution in [2.45, 2.75) is 50.0 Å². The van der Waals surface area contributed by atoms with Gasteiger partial charge in [0, 0.05) is 5.92 Å². The summed E-state index contributed by atoms with van der Waals surface area (Å²) in [7, 11) is 0. The molecule has 1 saturated heterocycles. The summed E-state index contributed by atoms with van der Waals surface area (Å²) >= 11 is 3.38. The zero-order chi connectivity index (χ0) is 14.5. The molecular formula is C16H21BrO3. The van der Waals surface area contributed by atoms with E-state index in [-0.39, 0.29) is 29.1 Å². The highest BCUT2D eigenvalue weighted by Gasteiger charge is 2.44. The van der Waals surface area contributed by atoms with Gasteiger partial charge in [-0.3, -0.25) is 0 Å². The second-order valence-electron chi connectivity index (χ2n) is 5.25. The van der Waals surface area contributed by atoms with Crippen LogP contribution in [0.4, 0.5) is 0 Å². The number of rotatable bonds is 6. The lowest BCUT2D eigenvalue weighted by molar-refractivity contribution is -0.111. The molecule has 0 aromatic heterocycles. The van der Waals surface area contributed by atoms with E-state index in [0.717, 1.165) is 18.3 Å². The molecule has 4 heteroatoms. The molecular weight excluding hydrogens is 320 g/mol. The topological polar surface area (TPSA) is 35.5 Å². The average molecular weight is 341 g/mol. The second kappa shape index (κ2) is 7.34. The fourth-order valence-corrected chi connectivity index (χ4v) is 3.15. The largest absolute Gasteiger partial charge is 0.370 e. The van der Waals surface area contributed by atoms with E-state index in [9.17, 15) is 4.79 Å². The van der Waals surface area contributed by atoms with Crippen molar-refractivity contribution in [3.8, 4) is 0 Å². The van der Waals surface area contributed by atoms with E-state index in [0.29, 0.717) is 6.61 Å². The fraction of sp³-hybridized carbons (Fsp3) is 0.562. The first kappa shape index (κ1) is 15.7. The standard InChI is InChI=1S/C16H21BrO3/c1-3-14-11(2)15(16(20-14)13(17)9-18)19-10-12-7-5-4-6-8-12/h4-9,11,13-16H,3,10H2,1-2H3/t11-,13?,14-,15-,16?/m1/s1. The Hall–Kier alpha value is -0.710. The van der Waals surface area contributed by atoms with Gasteiger partial charge in [0.2, 0.25) is 0 Å². The SMILES string of the molecule is CC[C@H]1OC(C(Br)C=O)[C@H](OCc2ccccc2)[C@@H]1C. The first-order chi connectivity index (χ1) is 9.67. The monoisotopic (exact) mass is 340 g/mol. The molecule has 1 aliphatic heterocycles. The van der Waals surface area contributed by atoms with E-state index in [2.05, 4.69) is 29.8 Å². The minimum atomic E-state index is -0.317. The Kier molecular flexibility index (Phi) is 5.75. The number of benzene rings is 1. The summed E-state index contributed by atoms with van der Waals surface area (Å²) < 4.78 is 12.0. The van der Waals surface area contributed by atoms with Crippen molar-refractivity contribution in [2.75, 3.05) is 0 Å². The minimum absolute atomic E-state index is 0.0604. The van der Waals surface area contributed by atoms with Crippen LogP contribution in [0.25, 0.3) is 0 Å². The van der Waals surface area contributed by atoms with Crippen molar-refractivity contribution in [2.24, 2.45) is 5.92 Å². The van der Waals surface area contributed by atoms with E-state index in [1.165, 1.54) is 0 Å². The van der Waals surface area contributed by atoms with Crippen molar-refractivity contribution in [3.05, 3.63) is 35.9 Å². The smallest absolute Gasteiger partial charge is 0.136 e. The number of hydrogen-bond donors (Lipinski definition) is 0. The van der Waals surface area contributed by atoms with Crippen LogP contribution in [0.1, 0.15) is 25.8 Å². The van der Waals surface area contributed by atoms with Gasteiger partial charge in [0.15, 0.2) is 0 Å². The molecule has 1 fully saturated rings. The summed E-state index contributed by atoms with van der Waals surface area (Å²) in [6.45, 7) is 4.78. The normalized spacial score (nSPS) is 31.1. The summed E-state index contributed by atoms with van der Waals surface area (Å²) in [6.07, 6.45) is 1.70. The van der Waals surface area contributed by atoms with Crippen molar-refractivity contribution in [3.63, 3.8) is 0 Å². The molecule has 3 nitrogen and oxygen atoms in total. The Morgan fingerprint density at radius 2 is 2.10 bits per heavy atom. The molecule has 0 aliphatic carbocycles. The van der Waals surface area contributed by atoms with E-state index >= 15 is 0 Å². The highest BCUT2D eigenvalue weighted by Crippen LogP contribution is 2.34. The molecule has 1 aromatic rings. The zero-order valence-corrected chi connectivity index (χ0v) is 13.5. The van der Waals surface area contributed by atoms with E-state index < -0.39 is 0 Å². The highest BCUT2D eigenvalue weighted by atomic mass is 79.9. The Morgan fingerprint density at radius 1 is 1.40 bits per heavy atom. The third-order valence-electron chi connectivity index (χ3n) is 3.89. The van der Waals surface area contributed by atoms with Crippen LogP contribution >= 0.6 is 15.9 Å². The molecule has 1 aliphatic rings. The van der Waals surface area contributed by atoms with Crippen LogP contribution < -0.4 is 0 Å². The van der Waals surface area contributed by atoms with Crippen LogP contribution in [-0.4, -0.2) is 29.4 Å². The predicted molar refractivity (Wildman–Crippen MR) is 81.9 cm³/mol. The van der Waals surface area contributed by atoms with Crippen LogP contribution in [-0.2, 0) is 20.9 Å². The fourth-order valence-electron chi connectivity index (χ4n) is 2.73. The number of carbonyl (C=O) groups excluding carboxylic acids is 1. The molecule has 0 radical (unpaired) electrons. The van der Waals surface area contributed by atoms with E-state index in [1.54, 1.807) is 0 Å². The van der Waals surface area contributed by atoms with Crippen molar-refractivity contribution >= 4 is 22.2 Å². The molecule has 0 amide bonds. The summed E-state index contributed by atoms with van der Waals surface area (Å²) in [6, 6.07) is 10.1. The highest BCUT2D eigenvalue weighted by molar-refractivity contribution is 9.10. The molecule has 2 unspecified atom stereocenters. The molecule has 0 N–H and O–H groups in total. The third kappa shape index (κ3) is 3.48. The van der Waals surface area contributed by atoms with Gasteiger partial charge in [-0.05, 0) is 12.0 Å². The maximum absolute atomic E-state index is 11.0. The number of hydrogen-bond acceptors (Lipinski definition) is 3. The van der Waals surface area contributed by atoms with Crippen LogP contribution in [0.3, 0.4) is 0 Å². The molecule has 20 heavy (non-hydrogen) atoms. The van der Waals surface area contributed by atoms with Crippen molar-refractivity contribution in [1.82, 2.24) is 0 Å². The lowest BCUT2D eigenvalue weighted by Gasteiger charge is -2.23. The van der Waals surface area contributed by atoms with Gasteiger partial charge in [-0.15, -0.1) is 0 Å². The van der Waals surface area contributed by atoms with Gasteiger partial charge in [0.25, 0.3) is 0 Å². The molecule has 2 rings (SSSR count). The van der Waals surface area contributed by atoms with Crippen LogP contribution in [0.2, 0.25) is 0 Å². The predicted octanol–water partition coefficient (Wildman–Crippen LogP) is 3.35. The maximum Gasteiger partial charge on any atom is 0.136 e. The Labute approximate surface area is 128 Å². The Balaban J connectivity index is 2.03. The van der Waals surface area contributed by atoms with Crippen LogP contribution in [0, 0.1) is 5.92 Å².